The van der Waals surface area contributed by atoms with Gasteiger partial charge in [0, 0.05) is 5.69 Å². The number of halogens is 3. The van der Waals surface area contributed by atoms with Gasteiger partial charge in [0.05, 0.1) is 17.1 Å². The Hall–Kier alpha value is -2.74. The molecule has 0 atom stereocenters. The lowest BCUT2D eigenvalue weighted by Gasteiger charge is -2.15. The monoisotopic (exact) mass is 420 g/mol. The molecule has 1 aliphatic rings. The molecule has 152 valence electrons. The van der Waals surface area contributed by atoms with E-state index in [1.807, 2.05) is 24.3 Å². The van der Waals surface area contributed by atoms with Crippen molar-refractivity contribution < 1.29 is 22.8 Å². The minimum atomic E-state index is -4.46. The number of carbonyl (C=O) groups is 2. The van der Waals surface area contributed by atoms with E-state index in [4.69, 9.17) is 0 Å². The smallest absolute Gasteiger partial charge is 0.367 e. The predicted octanol–water partition coefficient (Wildman–Crippen LogP) is 5.93. The molecule has 29 heavy (non-hydrogen) atoms. The van der Waals surface area contributed by atoms with Crippen molar-refractivity contribution in [2.75, 3.05) is 12.0 Å². The normalized spacial score (nSPS) is 16.2. The van der Waals surface area contributed by atoms with Gasteiger partial charge in [-0.25, -0.2) is 0 Å². The van der Waals surface area contributed by atoms with Crippen LogP contribution < -0.4 is 5.32 Å². The van der Waals surface area contributed by atoms with E-state index in [9.17, 15) is 22.8 Å². The average molecular weight is 420 g/mol. The van der Waals surface area contributed by atoms with Gasteiger partial charge in [0.2, 0.25) is 0 Å². The number of thioether (sulfide) groups is 1. The number of hydrogen-bond acceptors (Lipinski definition) is 4. The third kappa shape index (κ3) is 5.00. The molecule has 2 aromatic rings. The number of imide groups is 1. The fourth-order valence-electron chi connectivity index (χ4n) is 2.74. The van der Waals surface area contributed by atoms with Crippen LogP contribution in [0.4, 0.5) is 23.7 Å². The molecule has 0 unspecified atom stereocenters. The summed E-state index contributed by atoms with van der Waals surface area (Å²) < 4.78 is 38.4. The van der Waals surface area contributed by atoms with Crippen molar-refractivity contribution in [2.24, 2.45) is 0 Å². The SMILES string of the molecule is CC(C)c1ccc(C=C2SC(=O)N(CNc3cccc(C(F)(F)F)c3)C2=O)cc1. The minimum Gasteiger partial charge on any atom is -0.367 e. The Labute approximate surface area is 170 Å². The first kappa shape index (κ1) is 21.0. The Morgan fingerprint density at radius 2 is 1.79 bits per heavy atom. The van der Waals surface area contributed by atoms with E-state index in [2.05, 4.69) is 19.2 Å². The van der Waals surface area contributed by atoms with Gasteiger partial charge in [-0.15, -0.1) is 0 Å². The van der Waals surface area contributed by atoms with Crippen LogP contribution in [0.2, 0.25) is 0 Å². The van der Waals surface area contributed by atoms with E-state index in [0.717, 1.165) is 34.4 Å². The van der Waals surface area contributed by atoms with Crippen LogP contribution in [0.25, 0.3) is 6.08 Å². The van der Waals surface area contributed by atoms with Crippen LogP contribution in [0.5, 0.6) is 0 Å². The van der Waals surface area contributed by atoms with Crippen LogP contribution in [0, 0.1) is 0 Å². The molecule has 0 saturated carbocycles. The van der Waals surface area contributed by atoms with Crippen molar-refractivity contribution in [3.05, 3.63) is 70.1 Å². The lowest BCUT2D eigenvalue weighted by atomic mass is 10.0. The third-order valence-electron chi connectivity index (χ3n) is 4.41. The summed E-state index contributed by atoms with van der Waals surface area (Å²) in [5, 5.41) is 2.24. The molecule has 8 heteroatoms. The quantitative estimate of drug-likeness (QED) is 0.609. The number of benzene rings is 2. The van der Waals surface area contributed by atoms with Crippen LogP contribution in [-0.4, -0.2) is 22.7 Å². The van der Waals surface area contributed by atoms with Gasteiger partial charge in [0.1, 0.15) is 0 Å². The highest BCUT2D eigenvalue weighted by Crippen LogP contribution is 2.33. The van der Waals surface area contributed by atoms with Crippen molar-refractivity contribution in [1.82, 2.24) is 4.90 Å². The van der Waals surface area contributed by atoms with Crippen LogP contribution in [-0.2, 0) is 11.0 Å². The fourth-order valence-corrected chi connectivity index (χ4v) is 3.58. The fraction of sp³-hybridized carbons (Fsp3) is 0.238. The zero-order valence-electron chi connectivity index (χ0n) is 15.8. The van der Waals surface area contributed by atoms with Crippen molar-refractivity contribution in [2.45, 2.75) is 25.9 Å². The Morgan fingerprint density at radius 3 is 2.41 bits per heavy atom. The van der Waals surface area contributed by atoms with Gasteiger partial charge in [-0.3, -0.25) is 14.5 Å². The van der Waals surface area contributed by atoms with Gasteiger partial charge >= 0.3 is 6.18 Å². The third-order valence-corrected chi connectivity index (χ3v) is 5.31. The van der Waals surface area contributed by atoms with Crippen LogP contribution in [0.3, 0.4) is 0 Å². The highest BCUT2D eigenvalue weighted by molar-refractivity contribution is 8.18. The van der Waals surface area contributed by atoms with Crippen LogP contribution in [0.1, 0.15) is 36.5 Å². The van der Waals surface area contributed by atoms with E-state index in [-0.39, 0.29) is 17.3 Å². The summed E-state index contributed by atoms with van der Waals surface area (Å²) in [6.45, 7) is 3.95. The van der Waals surface area contributed by atoms with Crippen molar-refractivity contribution in [3.63, 3.8) is 0 Å². The minimum absolute atomic E-state index is 0.173. The highest BCUT2D eigenvalue weighted by atomic mass is 32.2. The number of amides is 2. The molecular formula is C21H19F3N2O2S. The van der Waals surface area contributed by atoms with Gasteiger partial charge in [-0.2, -0.15) is 13.2 Å². The molecule has 1 fully saturated rings. The van der Waals surface area contributed by atoms with Gasteiger partial charge in [0.15, 0.2) is 0 Å². The molecule has 0 aromatic heterocycles. The topological polar surface area (TPSA) is 49.4 Å². The first-order chi connectivity index (χ1) is 13.6. The number of nitrogens with zero attached hydrogens (tertiary/aromatic N) is 1. The summed E-state index contributed by atoms with van der Waals surface area (Å²) in [5.41, 5.74) is 1.33. The molecule has 0 aliphatic carbocycles. The van der Waals surface area contributed by atoms with Crippen LogP contribution >= 0.6 is 11.8 Å². The van der Waals surface area contributed by atoms with Crippen molar-refractivity contribution >= 4 is 34.7 Å². The Balaban J connectivity index is 1.69. The molecule has 2 aromatic carbocycles. The first-order valence-corrected chi connectivity index (χ1v) is 9.73. The highest BCUT2D eigenvalue weighted by Gasteiger charge is 2.35. The molecule has 0 bridgehead atoms. The molecule has 4 nitrogen and oxygen atoms in total. The van der Waals surface area contributed by atoms with E-state index in [1.165, 1.54) is 17.7 Å². The Bertz CT molecular complexity index is 953. The van der Waals surface area contributed by atoms with Gasteiger partial charge in [0.25, 0.3) is 11.1 Å². The second-order valence-corrected chi connectivity index (χ2v) is 7.84. The maximum Gasteiger partial charge on any atom is 0.416 e. The van der Waals surface area contributed by atoms with E-state index >= 15 is 0 Å². The molecule has 2 amide bonds. The molecule has 1 N–H and O–H groups in total. The van der Waals surface area contributed by atoms with Gasteiger partial charge < -0.3 is 5.32 Å². The summed E-state index contributed by atoms with van der Waals surface area (Å²) in [4.78, 5) is 26.0. The molecule has 1 heterocycles. The first-order valence-electron chi connectivity index (χ1n) is 8.91. The number of carbonyl (C=O) groups excluding carboxylic acids is 2. The maximum absolute atomic E-state index is 12.8. The zero-order chi connectivity index (χ0) is 21.2. The second-order valence-electron chi connectivity index (χ2n) is 6.84. The molecule has 1 aliphatic heterocycles. The lowest BCUT2D eigenvalue weighted by Crippen LogP contribution is -2.33. The largest absolute Gasteiger partial charge is 0.416 e. The van der Waals surface area contributed by atoms with E-state index in [1.54, 1.807) is 6.08 Å². The standard InChI is InChI=1S/C21H19F3N2O2S/c1-13(2)15-8-6-14(7-9-15)10-18-19(27)26(20(28)29-18)12-25-17-5-3-4-16(11-17)21(22,23)24/h3-11,13,25H,12H2,1-2H3. The second kappa shape index (κ2) is 8.32. The molecular weight excluding hydrogens is 401 g/mol. The summed E-state index contributed by atoms with van der Waals surface area (Å²) >= 11 is 0.808. The number of rotatable bonds is 5. The molecule has 0 spiro atoms. The number of nitrogens with one attached hydrogen (secondary N) is 1. The zero-order valence-corrected chi connectivity index (χ0v) is 16.6. The van der Waals surface area contributed by atoms with Gasteiger partial charge in [-0.1, -0.05) is 44.2 Å². The van der Waals surface area contributed by atoms with Crippen molar-refractivity contribution in [3.8, 4) is 0 Å². The summed E-state index contributed by atoms with van der Waals surface area (Å²) in [6.07, 6.45) is -2.83. The summed E-state index contributed by atoms with van der Waals surface area (Å²) in [7, 11) is 0. The molecule has 3 rings (SSSR count). The van der Waals surface area contributed by atoms with Crippen molar-refractivity contribution in [1.29, 1.82) is 0 Å². The predicted molar refractivity (Wildman–Crippen MR) is 108 cm³/mol. The molecule has 0 radical (unpaired) electrons. The summed E-state index contributed by atoms with van der Waals surface area (Å²) in [5.74, 6) is -0.0920. The number of hydrogen-bond donors (Lipinski definition) is 1. The van der Waals surface area contributed by atoms with E-state index in [0.29, 0.717) is 5.92 Å². The number of alkyl halides is 3. The number of anilines is 1. The lowest BCUT2D eigenvalue weighted by molar-refractivity contribution is -0.137. The van der Waals surface area contributed by atoms with Crippen LogP contribution in [0.15, 0.2) is 53.4 Å². The van der Waals surface area contributed by atoms with Gasteiger partial charge in [-0.05, 0) is 53.1 Å². The summed E-state index contributed by atoms with van der Waals surface area (Å²) in [6, 6.07) is 12.3. The van der Waals surface area contributed by atoms with E-state index < -0.39 is 22.9 Å². The Morgan fingerprint density at radius 1 is 1.10 bits per heavy atom. The Kier molecular flexibility index (Phi) is 6.02. The average Bonchev–Trinajstić information content (AvgIpc) is 2.93. The molecule has 1 saturated heterocycles. The maximum atomic E-state index is 12.8.